The number of nitrogens with one attached hydrogen (secondary N) is 1. The monoisotopic (exact) mass is 289 g/mol. The summed E-state index contributed by atoms with van der Waals surface area (Å²) in [6, 6.07) is 5.68. The molecule has 0 radical (unpaired) electrons. The van der Waals surface area contributed by atoms with Gasteiger partial charge in [0.1, 0.15) is 5.75 Å². The lowest BCUT2D eigenvalue weighted by atomic mass is 10.1. The molecule has 1 aromatic carbocycles. The van der Waals surface area contributed by atoms with E-state index in [9.17, 15) is 0 Å². The molecule has 21 heavy (non-hydrogen) atoms. The molecular formula is C16H23N3O2. The predicted molar refractivity (Wildman–Crippen MR) is 83.8 cm³/mol. The Labute approximate surface area is 125 Å². The molecule has 1 aliphatic rings. The zero-order valence-corrected chi connectivity index (χ0v) is 12.4. The average molecular weight is 289 g/mol. The van der Waals surface area contributed by atoms with Gasteiger partial charge >= 0.3 is 0 Å². The van der Waals surface area contributed by atoms with Crippen LogP contribution in [0.5, 0.6) is 5.75 Å². The summed E-state index contributed by atoms with van der Waals surface area (Å²) < 4.78 is 5.29. The average Bonchev–Trinajstić information content (AvgIpc) is 3.04. The Balaban J connectivity index is 1.88. The van der Waals surface area contributed by atoms with E-state index in [-0.39, 0.29) is 5.84 Å². The first-order valence-corrected chi connectivity index (χ1v) is 7.28. The first-order valence-electron chi connectivity index (χ1n) is 7.28. The fourth-order valence-corrected chi connectivity index (χ4v) is 2.56. The molecule has 5 nitrogen and oxygen atoms in total. The molecule has 114 valence electrons. The van der Waals surface area contributed by atoms with Crippen LogP contribution in [0.25, 0.3) is 0 Å². The van der Waals surface area contributed by atoms with E-state index in [4.69, 9.17) is 15.7 Å². The Morgan fingerprint density at radius 3 is 3.00 bits per heavy atom. The highest BCUT2D eigenvalue weighted by molar-refractivity contribution is 5.99. The first-order chi connectivity index (χ1) is 10.2. The van der Waals surface area contributed by atoms with Gasteiger partial charge < -0.3 is 21.0 Å². The van der Waals surface area contributed by atoms with Gasteiger partial charge in [0.25, 0.3) is 0 Å². The number of methoxy groups -OCH3 is 1. The van der Waals surface area contributed by atoms with Crippen molar-refractivity contribution in [2.45, 2.75) is 32.2 Å². The standard InChI is InChI=1S/C16H23N3O2/c1-21-15-10-13(6-7-14(15)16(17)19-20)11-18-9-8-12-4-2-3-5-12/h4,6-7,10,18,20H,2-3,5,8-9,11H2,1H3,(H2,17,19). The molecule has 5 heteroatoms. The highest BCUT2D eigenvalue weighted by Gasteiger charge is 2.09. The quantitative estimate of drug-likeness (QED) is 0.180. The van der Waals surface area contributed by atoms with Crippen molar-refractivity contribution in [3.05, 3.63) is 41.0 Å². The van der Waals surface area contributed by atoms with Crippen molar-refractivity contribution in [2.24, 2.45) is 10.9 Å². The van der Waals surface area contributed by atoms with Crippen LogP contribution >= 0.6 is 0 Å². The third-order valence-electron chi connectivity index (χ3n) is 3.74. The number of hydrogen-bond acceptors (Lipinski definition) is 4. The van der Waals surface area contributed by atoms with Crippen LogP contribution < -0.4 is 15.8 Å². The third kappa shape index (κ3) is 4.23. The van der Waals surface area contributed by atoms with E-state index in [1.165, 1.54) is 19.3 Å². The number of benzene rings is 1. The fraction of sp³-hybridized carbons (Fsp3) is 0.438. The normalized spacial score (nSPS) is 15.1. The van der Waals surface area contributed by atoms with Crippen LogP contribution in [0.4, 0.5) is 0 Å². The Kier molecular flexibility index (Phi) is 5.63. The van der Waals surface area contributed by atoms with Gasteiger partial charge in [0.15, 0.2) is 5.84 Å². The molecule has 4 N–H and O–H groups in total. The lowest BCUT2D eigenvalue weighted by molar-refractivity contribution is 0.318. The maximum absolute atomic E-state index is 8.74. The van der Waals surface area contributed by atoms with Crippen LogP contribution in [0.15, 0.2) is 35.0 Å². The first kappa shape index (κ1) is 15.4. The predicted octanol–water partition coefficient (Wildman–Crippen LogP) is 2.38. The van der Waals surface area contributed by atoms with Gasteiger partial charge in [-0.05, 0) is 49.9 Å². The van der Waals surface area contributed by atoms with Gasteiger partial charge in [-0.1, -0.05) is 22.9 Å². The summed E-state index contributed by atoms with van der Waals surface area (Å²) in [5.41, 5.74) is 8.89. The molecule has 0 aromatic heterocycles. The third-order valence-corrected chi connectivity index (χ3v) is 3.74. The summed E-state index contributed by atoms with van der Waals surface area (Å²) >= 11 is 0. The Hall–Kier alpha value is -2.01. The van der Waals surface area contributed by atoms with Gasteiger partial charge in [0, 0.05) is 6.54 Å². The van der Waals surface area contributed by atoms with Crippen LogP contribution in [-0.4, -0.2) is 24.7 Å². The van der Waals surface area contributed by atoms with Gasteiger partial charge in [0.05, 0.1) is 12.7 Å². The summed E-state index contributed by atoms with van der Waals surface area (Å²) in [6.45, 7) is 1.76. The second-order valence-corrected chi connectivity index (χ2v) is 5.20. The molecule has 1 aliphatic carbocycles. The van der Waals surface area contributed by atoms with Gasteiger partial charge in [0.2, 0.25) is 0 Å². The zero-order valence-electron chi connectivity index (χ0n) is 12.4. The number of hydrogen-bond donors (Lipinski definition) is 3. The molecule has 0 fully saturated rings. The maximum Gasteiger partial charge on any atom is 0.173 e. The molecule has 0 spiro atoms. The summed E-state index contributed by atoms with van der Waals surface area (Å²) in [4.78, 5) is 0. The van der Waals surface area contributed by atoms with Gasteiger partial charge in [-0.3, -0.25) is 0 Å². The van der Waals surface area contributed by atoms with E-state index in [1.54, 1.807) is 12.7 Å². The van der Waals surface area contributed by atoms with Crippen molar-refractivity contribution >= 4 is 5.84 Å². The second-order valence-electron chi connectivity index (χ2n) is 5.20. The zero-order chi connectivity index (χ0) is 15.1. The molecule has 1 aromatic rings. The van der Waals surface area contributed by atoms with Crippen molar-refractivity contribution in [1.82, 2.24) is 5.32 Å². The minimum Gasteiger partial charge on any atom is -0.496 e. The number of oxime groups is 1. The van der Waals surface area contributed by atoms with E-state index in [0.29, 0.717) is 11.3 Å². The van der Waals surface area contributed by atoms with Crippen LogP contribution in [0.1, 0.15) is 36.8 Å². The SMILES string of the molecule is COc1cc(CNCCC2=CCCC2)ccc1/C(N)=N/O. The summed E-state index contributed by atoms with van der Waals surface area (Å²) in [5, 5.41) is 15.2. The van der Waals surface area contributed by atoms with Gasteiger partial charge in [-0.2, -0.15) is 0 Å². The molecule has 0 amide bonds. The van der Waals surface area contributed by atoms with Crippen molar-refractivity contribution in [2.75, 3.05) is 13.7 Å². The molecule has 0 bridgehead atoms. The van der Waals surface area contributed by atoms with E-state index in [2.05, 4.69) is 16.5 Å². The molecule has 0 aliphatic heterocycles. The largest absolute Gasteiger partial charge is 0.496 e. The van der Waals surface area contributed by atoms with Crippen LogP contribution in [0, 0.1) is 0 Å². The Bertz CT molecular complexity index is 538. The maximum atomic E-state index is 8.74. The smallest absolute Gasteiger partial charge is 0.173 e. The highest BCUT2D eigenvalue weighted by Crippen LogP contribution is 2.21. The minimum atomic E-state index is 0.0551. The lowest BCUT2D eigenvalue weighted by Crippen LogP contribution is -2.17. The number of rotatable bonds is 7. The molecule has 0 saturated heterocycles. The number of allylic oxidation sites excluding steroid dienone is 1. The van der Waals surface area contributed by atoms with E-state index >= 15 is 0 Å². The van der Waals surface area contributed by atoms with Gasteiger partial charge in [-0.25, -0.2) is 0 Å². The fourth-order valence-electron chi connectivity index (χ4n) is 2.56. The van der Waals surface area contributed by atoms with Gasteiger partial charge in [-0.15, -0.1) is 0 Å². The van der Waals surface area contributed by atoms with E-state index < -0.39 is 0 Å². The second kappa shape index (κ2) is 7.69. The van der Waals surface area contributed by atoms with Crippen LogP contribution in [0.3, 0.4) is 0 Å². The molecule has 0 atom stereocenters. The lowest BCUT2D eigenvalue weighted by Gasteiger charge is -2.10. The Morgan fingerprint density at radius 2 is 2.33 bits per heavy atom. The summed E-state index contributed by atoms with van der Waals surface area (Å²) in [5.74, 6) is 0.669. The van der Waals surface area contributed by atoms with Crippen LogP contribution in [-0.2, 0) is 6.54 Å². The Morgan fingerprint density at radius 1 is 1.48 bits per heavy atom. The molecular weight excluding hydrogens is 266 g/mol. The number of nitrogens with zero attached hydrogens (tertiary/aromatic N) is 1. The van der Waals surface area contributed by atoms with E-state index in [1.807, 2.05) is 18.2 Å². The minimum absolute atomic E-state index is 0.0551. The topological polar surface area (TPSA) is 79.9 Å². The molecule has 0 saturated carbocycles. The van der Waals surface area contributed by atoms with Crippen molar-refractivity contribution in [3.8, 4) is 5.75 Å². The molecule has 2 rings (SSSR count). The molecule has 0 unspecified atom stereocenters. The van der Waals surface area contributed by atoms with Crippen molar-refractivity contribution in [1.29, 1.82) is 0 Å². The number of ether oxygens (including phenoxy) is 1. The number of nitrogens with two attached hydrogens (primary N) is 1. The number of amidine groups is 1. The summed E-state index contributed by atoms with van der Waals surface area (Å²) in [6.07, 6.45) is 7.28. The molecule has 0 heterocycles. The van der Waals surface area contributed by atoms with E-state index in [0.717, 1.165) is 25.1 Å². The van der Waals surface area contributed by atoms with Crippen molar-refractivity contribution < 1.29 is 9.94 Å². The van der Waals surface area contributed by atoms with Crippen LogP contribution in [0.2, 0.25) is 0 Å². The van der Waals surface area contributed by atoms with Crippen molar-refractivity contribution in [3.63, 3.8) is 0 Å². The summed E-state index contributed by atoms with van der Waals surface area (Å²) in [7, 11) is 1.58. The highest BCUT2D eigenvalue weighted by atomic mass is 16.5.